The van der Waals surface area contributed by atoms with Gasteiger partial charge in [-0.05, 0) is 53.6 Å². The van der Waals surface area contributed by atoms with Crippen LogP contribution in [0.4, 0.5) is 0 Å². The van der Waals surface area contributed by atoms with Gasteiger partial charge in [0.1, 0.15) is 32.8 Å². The lowest BCUT2D eigenvalue weighted by Crippen LogP contribution is -2.04. The van der Waals surface area contributed by atoms with E-state index in [1.807, 2.05) is 48.1 Å². The zero-order valence-corrected chi connectivity index (χ0v) is 21.8. The summed E-state index contributed by atoms with van der Waals surface area (Å²) in [5, 5.41) is 1.10. The zero-order chi connectivity index (χ0) is 24.8. The molecule has 38 heavy (non-hydrogen) atoms. The molecule has 4 aliphatic rings. The molecule has 0 saturated heterocycles. The maximum absolute atomic E-state index is 5.32. The molecule has 0 amide bonds. The van der Waals surface area contributed by atoms with Crippen LogP contribution >= 0.6 is 23.5 Å². The van der Waals surface area contributed by atoms with E-state index in [2.05, 4.69) is 88.1 Å². The molecule has 4 unspecified atom stereocenters. The van der Waals surface area contributed by atoms with Crippen molar-refractivity contribution < 1.29 is 0 Å². The molecule has 0 radical (unpaired) electrons. The second kappa shape index (κ2) is 7.85. The minimum atomic E-state index is 0.169. The van der Waals surface area contributed by atoms with Gasteiger partial charge in [0.05, 0.1) is 32.6 Å². The highest BCUT2D eigenvalue weighted by atomic mass is 32.2. The van der Waals surface area contributed by atoms with Crippen molar-refractivity contribution in [1.29, 1.82) is 0 Å². The van der Waals surface area contributed by atoms with Crippen molar-refractivity contribution in [2.45, 2.75) is 21.2 Å². The normalized spacial score (nSPS) is 25.6. The molecule has 7 heterocycles. The average Bonchev–Trinajstić information content (AvgIpc) is 3.71. The van der Waals surface area contributed by atoms with Gasteiger partial charge in [0.15, 0.2) is 0 Å². The van der Waals surface area contributed by atoms with E-state index in [0.29, 0.717) is 10.5 Å². The highest BCUT2D eigenvalue weighted by Crippen LogP contribution is 2.48. The van der Waals surface area contributed by atoms with Gasteiger partial charge >= 0.3 is 0 Å². The summed E-state index contributed by atoms with van der Waals surface area (Å²) >= 11 is 3.93. The molecule has 7 heteroatoms. The fourth-order valence-corrected chi connectivity index (χ4v) is 8.93. The molecular formula is C31H21N5S2. The molecule has 0 spiro atoms. The minimum Gasteiger partial charge on any atom is -0.321 e. The van der Waals surface area contributed by atoms with E-state index in [1.165, 1.54) is 11.1 Å². The summed E-state index contributed by atoms with van der Waals surface area (Å²) < 4.78 is 4.87. The summed E-state index contributed by atoms with van der Waals surface area (Å²) in [5.74, 6) is 0. The highest BCUT2D eigenvalue weighted by Gasteiger charge is 2.32. The van der Waals surface area contributed by atoms with E-state index in [0.717, 1.165) is 44.1 Å². The first-order valence-electron chi connectivity index (χ1n) is 12.8. The van der Waals surface area contributed by atoms with Crippen LogP contribution in [0.3, 0.4) is 0 Å². The predicted molar refractivity (Wildman–Crippen MR) is 159 cm³/mol. The van der Waals surface area contributed by atoms with Crippen LogP contribution in [0, 0.1) is 0 Å². The first-order chi connectivity index (χ1) is 18.8. The molecule has 9 rings (SSSR count). The number of fused-ring (bicyclic) bond motifs is 8. The molecule has 182 valence electrons. The van der Waals surface area contributed by atoms with Gasteiger partial charge in [-0.1, -0.05) is 48.6 Å². The van der Waals surface area contributed by atoms with E-state index in [9.17, 15) is 0 Å². The summed E-state index contributed by atoms with van der Waals surface area (Å²) in [4.78, 5) is 14.9. The number of pyridine rings is 3. The quantitative estimate of drug-likeness (QED) is 0.239. The van der Waals surface area contributed by atoms with Gasteiger partial charge in [-0.2, -0.15) is 0 Å². The maximum atomic E-state index is 5.32. The van der Waals surface area contributed by atoms with Crippen molar-refractivity contribution >= 4 is 67.7 Å². The molecule has 2 aliphatic heterocycles. The first kappa shape index (κ1) is 21.2. The van der Waals surface area contributed by atoms with Crippen LogP contribution in [0.1, 0.15) is 10.7 Å². The van der Waals surface area contributed by atoms with Crippen molar-refractivity contribution in [3.8, 4) is 0 Å². The van der Waals surface area contributed by atoms with Crippen LogP contribution in [0.5, 0.6) is 0 Å². The Labute approximate surface area is 227 Å². The third kappa shape index (κ3) is 2.88. The van der Waals surface area contributed by atoms with E-state index in [1.54, 1.807) is 0 Å². The summed E-state index contributed by atoms with van der Waals surface area (Å²) in [6.07, 6.45) is 26.1. The predicted octanol–water partition coefficient (Wildman–Crippen LogP) is 7.42. The summed E-state index contributed by atoms with van der Waals surface area (Å²) in [5.41, 5.74) is 11.0. The molecule has 0 saturated carbocycles. The van der Waals surface area contributed by atoms with Gasteiger partial charge in [0, 0.05) is 12.4 Å². The summed E-state index contributed by atoms with van der Waals surface area (Å²) in [6, 6.07) is 10.7. The van der Waals surface area contributed by atoms with Crippen LogP contribution in [-0.2, 0) is 0 Å². The van der Waals surface area contributed by atoms with Crippen molar-refractivity contribution in [2.75, 3.05) is 0 Å². The van der Waals surface area contributed by atoms with Gasteiger partial charge in [-0.15, -0.1) is 23.5 Å². The Bertz CT molecular complexity index is 1880. The highest BCUT2D eigenvalue weighted by molar-refractivity contribution is 8.01. The molecule has 5 aromatic rings. The second-order valence-electron chi connectivity index (χ2n) is 9.92. The smallest absolute Gasteiger partial charge is 0.115 e. The Balaban J connectivity index is 1.34. The average molecular weight is 528 g/mol. The van der Waals surface area contributed by atoms with Crippen LogP contribution < -0.4 is 0 Å². The van der Waals surface area contributed by atoms with Gasteiger partial charge in [0.25, 0.3) is 0 Å². The Hall–Kier alpha value is -3.81. The molecule has 0 N–H and O–H groups in total. The molecule has 4 atom stereocenters. The number of rotatable bonds is 2. The van der Waals surface area contributed by atoms with E-state index in [4.69, 9.17) is 15.0 Å². The lowest BCUT2D eigenvalue weighted by molar-refractivity contribution is 0.868. The van der Waals surface area contributed by atoms with Gasteiger partial charge in [-0.25, -0.2) is 4.98 Å². The lowest BCUT2D eigenvalue weighted by atomic mass is 10.1. The minimum absolute atomic E-state index is 0.169. The van der Waals surface area contributed by atoms with Crippen LogP contribution in [0.15, 0.2) is 115 Å². The van der Waals surface area contributed by atoms with E-state index >= 15 is 0 Å². The molecule has 5 nitrogen and oxygen atoms in total. The monoisotopic (exact) mass is 527 g/mol. The zero-order valence-electron chi connectivity index (χ0n) is 20.2. The number of nitrogens with zero attached hydrogens (tertiary/aromatic N) is 5. The Morgan fingerprint density at radius 3 is 1.63 bits per heavy atom. The molecule has 0 aromatic carbocycles. The van der Waals surface area contributed by atoms with Crippen LogP contribution in [-0.4, -0.2) is 34.6 Å². The maximum Gasteiger partial charge on any atom is 0.115 e. The second-order valence-corrected chi connectivity index (χ2v) is 12.4. The third-order valence-electron chi connectivity index (χ3n) is 7.82. The molecule has 0 fully saturated rings. The summed E-state index contributed by atoms with van der Waals surface area (Å²) in [6.45, 7) is 0. The first-order valence-corrected chi connectivity index (χ1v) is 14.7. The number of hydrogen-bond donors (Lipinski definition) is 0. The lowest BCUT2D eigenvalue weighted by Gasteiger charge is -2.17. The summed E-state index contributed by atoms with van der Waals surface area (Å²) in [7, 11) is 0. The Kier molecular flexibility index (Phi) is 4.37. The molecule has 2 aliphatic carbocycles. The number of allylic oxidation sites excluding steroid dienone is 6. The number of aromatic nitrogens is 5. The largest absolute Gasteiger partial charge is 0.321 e. The number of thioether (sulfide) groups is 2. The fourth-order valence-electron chi connectivity index (χ4n) is 6.17. The van der Waals surface area contributed by atoms with E-state index in [-0.39, 0.29) is 10.7 Å². The van der Waals surface area contributed by atoms with Crippen molar-refractivity contribution in [3.05, 3.63) is 115 Å². The topological polar surface area (TPSA) is 48.5 Å². The fraction of sp³-hybridized carbons (Fsp3) is 0.129. The van der Waals surface area contributed by atoms with Gasteiger partial charge in [-0.3, -0.25) is 9.97 Å². The third-order valence-corrected chi connectivity index (χ3v) is 10.5. The Morgan fingerprint density at radius 2 is 1.13 bits per heavy atom. The van der Waals surface area contributed by atoms with Crippen LogP contribution in [0.25, 0.3) is 44.1 Å². The number of hydrogen-bond acceptors (Lipinski definition) is 5. The molecule has 5 aromatic heterocycles. The van der Waals surface area contributed by atoms with E-state index < -0.39 is 0 Å². The standard InChI is InChI=1S/C31H21N5S2/c1-3-11-24-18(7-1)15-26(37-24)35-20-9-5-13-32-28(20)30-22(35)17-23-31(34-30)29-21(10-6-14-33-29)36(23)27-16-19-8-2-4-12-25(19)38-27/h1-17,24-27H. The molecule has 0 bridgehead atoms. The SMILES string of the molecule is C1=CC2=CC(n3c4cccnc4c4nc5c6ncccc6n(C6C=C7C=CC=CC7S6)c5cc43)SC2C=C1. The Morgan fingerprint density at radius 1 is 0.605 bits per heavy atom. The van der Waals surface area contributed by atoms with Crippen molar-refractivity contribution in [1.82, 2.24) is 24.1 Å². The van der Waals surface area contributed by atoms with Crippen LogP contribution in [0.2, 0.25) is 0 Å². The molecular weight excluding hydrogens is 507 g/mol. The van der Waals surface area contributed by atoms with Gasteiger partial charge < -0.3 is 9.13 Å². The van der Waals surface area contributed by atoms with Gasteiger partial charge in [0.2, 0.25) is 0 Å². The van der Waals surface area contributed by atoms with Crippen molar-refractivity contribution in [2.24, 2.45) is 0 Å². The van der Waals surface area contributed by atoms with Crippen molar-refractivity contribution in [3.63, 3.8) is 0 Å².